The summed E-state index contributed by atoms with van der Waals surface area (Å²) in [5.41, 5.74) is 5.64. The normalized spacial score (nSPS) is 16.3. The second-order valence-electron chi connectivity index (χ2n) is 18.4. The molecule has 0 aliphatic heterocycles. The van der Waals surface area contributed by atoms with Crippen LogP contribution >= 0.6 is 0 Å². The molecule has 8 aromatic heterocycles. The number of rotatable bonds is 13. The number of ether oxygens (including phenoxy) is 1. The standard InChI is InChI=1S/C51H48N15O3/c1-30(2)64-29-65(59-49(64)42-9-7-11-46(57-42)66-51(68)39-21-37(17-15-35(39)23-55-66)63-27-53-47(32(63)4)34-12-13-34)44-22-40(44)43-24-60(26-52-43)36-16-14-33-18-19-61(50(67)38(33)20-36)45-10-6-8-41(56-45)48-58-54-28-62(48)31(3)25-69-5/h6-11,14-21,23-24,26-31,34,40,44H,12-13,22,25H2,1-5H3/q+1. The van der Waals surface area contributed by atoms with Gasteiger partial charge in [0.2, 0.25) is 6.33 Å². The van der Waals surface area contributed by atoms with Gasteiger partial charge in [0.25, 0.3) is 11.1 Å². The van der Waals surface area contributed by atoms with Crippen LogP contribution in [0.25, 0.3) is 67.6 Å². The van der Waals surface area contributed by atoms with Gasteiger partial charge in [0.1, 0.15) is 29.6 Å². The van der Waals surface area contributed by atoms with E-state index in [2.05, 4.69) is 45.2 Å². The lowest BCUT2D eigenvalue weighted by Gasteiger charge is -2.14. The van der Waals surface area contributed by atoms with Crippen molar-refractivity contribution in [2.24, 2.45) is 0 Å². The number of hydrogen-bond acceptors (Lipinski definition) is 11. The molecule has 10 aromatic rings. The van der Waals surface area contributed by atoms with Gasteiger partial charge in [0, 0.05) is 64.3 Å². The summed E-state index contributed by atoms with van der Waals surface area (Å²) in [6.45, 7) is 8.82. The van der Waals surface area contributed by atoms with Crippen LogP contribution in [0.3, 0.4) is 0 Å². The largest absolute Gasteiger partial charge is 0.383 e. The molecule has 3 unspecified atom stereocenters. The van der Waals surface area contributed by atoms with Gasteiger partial charge in [-0.25, -0.2) is 24.5 Å². The van der Waals surface area contributed by atoms with Crippen molar-refractivity contribution < 1.29 is 9.30 Å². The summed E-state index contributed by atoms with van der Waals surface area (Å²) in [7, 11) is 1.66. The first-order chi connectivity index (χ1) is 33.6. The molecule has 3 atom stereocenters. The number of nitrogens with zero attached hydrogens (tertiary/aromatic N) is 15. The zero-order valence-corrected chi connectivity index (χ0v) is 38.7. The third kappa shape index (κ3) is 7.43. The lowest BCUT2D eigenvalue weighted by Crippen LogP contribution is -2.36. The van der Waals surface area contributed by atoms with Crippen LogP contribution in [0, 0.1) is 6.92 Å². The fourth-order valence-corrected chi connectivity index (χ4v) is 9.42. The van der Waals surface area contributed by atoms with Crippen molar-refractivity contribution in [1.82, 2.24) is 68.0 Å². The third-order valence-electron chi connectivity index (χ3n) is 13.4. The van der Waals surface area contributed by atoms with Crippen LogP contribution in [-0.2, 0) is 4.74 Å². The Morgan fingerprint density at radius 1 is 0.812 bits per heavy atom. The van der Waals surface area contributed by atoms with E-state index in [1.54, 1.807) is 48.9 Å². The van der Waals surface area contributed by atoms with Gasteiger partial charge < -0.3 is 18.4 Å². The van der Waals surface area contributed by atoms with Crippen molar-refractivity contribution in [2.45, 2.75) is 76.9 Å². The van der Waals surface area contributed by atoms with E-state index in [-0.39, 0.29) is 35.2 Å². The predicted octanol–water partition coefficient (Wildman–Crippen LogP) is 6.96. The summed E-state index contributed by atoms with van der Waals surface area (Å²) in [6.07, 6.45) is 16.0. The average molecular weight is 919 g/mol. The molecular weight excluding hydrogens is 871 g/mol. The molecule has 0 radical (unpaired) electrons. The first-order valence-electron chi connectivity index (χ1n) is 23.2. The molecular formula is C51H48N15O3+. The molecule has 2 saturated carbocycles. The molecule has 0 N–H and O–H groups in total. The maximum Gasteiger partial charge on any atom is 0.327 e. The summed E-state index contributed by atoms with van der Waals surface area (Å²) < 4.78 is 18.3. The molecule has 344 valence electrons. The number of imidazole rings is 2. The van der Waals surface area contributed by atoms with Crippen LogP contribution in [-0.4, -0.2) is 81.7 Å². The van der Waals surface area contributed by atoms with Crippen LogP contribution in [0.5, 0.6) is 0 Å². The zero-order valence-electron chi connectivity index (χ0n) is 38.7. The summed E-state index contributed by atoms with van der Waals surface area (Å²) in [5.74, 6) is 2.82. The van der Waals surface area contributed by atoms with Crippen LogP contribution in [0.1, 0.15) is 87.1 Å². The molecule has 2 aliphatic carbocycles. The minimum Gasteiger partial charge on any atom is -0.383 e. The quantitative estimate of drug-likeness (QED) is 0.109. The van der Waals surface area contributed by atoms with Crippen LogP contribution in [0.15, 0.2) is 132 Å². The second-order valence-corrected chi connectivity index (χ2v) is 18.4. The summed E-state index contributed by atoms with van der Waals surface area (Å²) >= 11 is 0. The van der Waals surface area contributed by atoms with Crippen molar-refractivity contribution in [2.75, 3.05) is 13.7 Å². The highest BCUT2D eigenvalue weighted by atomic mass is 16.5. The maximum absolute atomic E-state index is 14.1. The lowest BCUT2D eigenvalue weighted by molar-refractivity contribution is -0.706. The highest BCUT2D eigenvalue weighted by Gasteiger charge is 2.47. The monoisotopic (exact) mass is 918 g/mol. The van der Waals surface area contributed by atoms with Crippen LogP contribution in [0.2, 0.25) is 0 Å². The van der Waals surface area contributed by atoms with Gasteiger partial charge in [-0.1, -0.05) is 24.3 Å². The molecule has 18 nitrogen and oxygen atoms in total. The van der Waals surface area contributed by atoms with E-state index in [1.165, 1.54) is 17.5 Å². The Bertz CT molecular complexity index is 3740. The Kier molecular flexibility index (Phi) is 10.1. The number of pyridine rings is 3. The molecule has 0 spiro atoms. The van der Waals surface area contributed by atoms with Crippen molar-refractivity contribution >= 4 is 21.5 Å². The van der Waals surface area contributed by atoms with E-state index < -0.39 is 0 Å². The molecule has 0 amide bonds. The third-order valence-corrected chi connectivity index (χ3v) is 13.4. The maximum atomic E-state index is 14.1. The second kappa shape index (κ2) is 16.5. The van der Waals surface area contributed by atoms with Gasteiger partial charge in [-0.15, -0.1) is 14.9 Å². The Balaban J connectivity index is 0.795. The molecule has 12 rings (SSSR count). The Morgan fingerprint density at radius 3 is 2.41 bits per heavy atom. The molecule has 69 heavy (non-hydrogen) atoms. The fourth-order valence-electron chi connectivity index (χ4n) is 9.42. The lowest BCUT2D eigenvalue weighted by atomic mass is 10.1. The highest BCUT2D eigenvalue weighted by molar-refractivity contribution is 5.84. The number of methoxy groups -OCH3 is 1. The Labute approximate surface area is 394 Å². The molecule has 18 heteroatoms. The van der Waals surface area contributed by atoms with Gasteiger partial charge in [-0.2, -0.15) is 9.78 Å². The number of hydrogen-bond donors (Lipinski definition) is 0. The number of aromatic nitrogens is 15. The van der Waals surface area contributed by atoms with Crippen molar-refractivity contribution in [3.63, 3.8) is 0 Å². The minimum atomic E-state index is -0.256. The average Bonchev–Trinajstić information content (AvgIpc) is 4.08. The number of fused-ring (bicyclic) bond motifs is 2. The summed E-state index contributed by atoms with van der Waals surface area (Å²) in [5, 5.41) is 20.8. The van der Waals surface area contributed by atoms with Crippen molar-refractivity contribution in [3.8, 4) is 46.0 Å². The molecule has 0 bridgehead atoms. The van der Waals surface area contributed by atoms with Crippen LogP contribution < -0.4 is 15.7 Å². The minimum absolute atomic E-state index is 0.00605. The van der Waals surface area contributed by atoms with E-state index >= 15 is 0 Å². The van der Waals surface area contributed by atoms with Crippen molar-refractivity contribution in [3.05, 3.63) is 161 Å². The molecule has 2 aromatic carbocycles. The molecule has 0 saturated heterocycles. The van der Waals surface area contributed by atoms with E-state index in [1.807, 2.05) is 106 Å². The van der Waals surface area contributed by atoms with Gasteiger partial charge in [0.05, 0.1) is 54.3 Å². The first kappa shape index (κ1) is 42.1. The van der Waals surface area contributed by atoms with Gasteiger partial charge in [0.15, 0.2) is 11.6 Å². The van der Waals surface area contributed by atoms with E-state index in [9.17, 15) is 9.59 Å². The first-order valence-corrected chi connectivity index (χ1v) is 23.2. The topological polar surface area (TPSA) is 180 Å². The van der Waals surface area contributed by atoms with Crippen LogP contribution in [0.4, 0.5) is 0 Å². The molecule has 8 heterocycles. The smallest absolute Gasteiger partial charge is 0.327 e. The highest BCUT2D eigenvalue weighted by Crippen LogP contribution is 2.50. The Morgan fingerprint density at radius 2 is 1.58 bits per heavy atom. The summed E-state index contributed by atoms with van der Waals surface area (Å²) in [4.78, 5) is 47.6. The van der Waals surface area contributed by atoms with Gasteiger partial charge in [-0.3, -0.25) is 14.2 Å². The van der Waals surface area contributed by atoms with Gasteiger partial charge in [-0.05, 0) is 107 Å². The fraction of sp³-hybridized carbons (Fsp3) is 0.275. The van der Waals surface area contributed by atoms with E-state index in [4.69, 9.17) is 29.8 Å². The van der Waals surface area contributed by atoms with Crippen molar-refractivity contribution in [1.29, 1.82) is 0 Å². The summed E-state index contributed by atoms with van der Waals surface area (Å²) in [6, 6.07) is 24.9. The molecule has 2 fully saturated rings. The van der Waals surface area contributed by atoms with Gasteiger partial charge >= 0.3 is 5.82 Å². The zero-order chi connectivity index (χ0) is 47.1. The Hall–Kier alpha value is -8.25. The number of benzene rings is 2. The van der Waals surface area contributed by atoms with E-state index in [0.717, 1.165) is 45.6 Å². The predicted molar refractivity (Wildman–Crippen MR) is 257 cm³/mol. The van der Waals surface area contributed by atoms with E-state index in [0.29, 0.717) is 58.0 Å². The molecule has 2 aliphatic rings. The SMILES string of the molecule is COCC(C)n1cnnc1-c1cccc(-n2ccc3ccc(-n4cnc(C5CC5n5c[n+](C(C)C)c(-c6cccc(-n7ncc8ccc(-n9cnc(C%10CC%10)c9C)cc8c7=O)n6)n5)c4)cc3c2=O)n1.